The van der Waals surface area contributed by atoms with Crippen molar-refractivity contribution in [2.75, 3.05) is 0 Å². The zero-order valence-electron chi connectivity index (χ0n) is 7.98. The highest BCUT2D eigenvalue weighted by atomic mass is 79.9. The summed E-state index contributed by atoms with van der Waals surface area (Å²) in [4.78, 5) is 13.5. The number of hydrogen-bond acceptors (Lipinski definition) is 3. The van der Waals surface area contributed by atoms with Gasteiger partial charge in [-0.1, -0.05) is 22.0 Å². The number of aromatic amines is 1. The molecule has 0 bridgehead atoms. The molecule has 1 aromatic heterocycles. The van der Waals surface area contributed by atoms with Crippen LogP contribution in [-0.2, 0) is 0 Å². The van der Waals surface area contributed by atoms with Crippen molar-refractivity contribution in [1.29, 1.82) is 0 Å². The molecule has 4 nitrogen and oxygen atoms in total. The van der Waals surface area contributed by atoms with Crippen LogP contribution in [-0.4, -0.2) is 14.7 Å². The van der Waals surface area contributed by atoms with Crippen molar-refractivity contribution in [3.63, 3.8) is 0 Å². The number of nitrogens with zero attached hydrogens (tertiary/aromatic N) is 1. The molecule has 16 heavy (non-hydrogen) atoms. The third kappa shape index (κ3) is 2.07. The molecule has 0 spiro atoms. The Kier molecular flexibility index (Phi) is 2.93. The van der Waals surface area contributed by atoms with Crippen molar-refractivity contribution in [2.24, 2.45) is 0 Å². The predicted octanol–water partition coefficient (Wildman–Crippen LogP) is 2.36. The number of aromatic nitrogens is 2. The highest BCUT2D eigenvalue weighted by Crippen LogP contribution is 2.19. The summed E-state index contributed by atoms with van der Waals surface area (Å²) in [6, 6.07) is 8.31. The lowest BCUT2D eigenvalue weighted by Crippen LogP contribution is -2.10. The fourth-order valence-electron chi connectivity index (χ4n) is 1.35. The first kappa shape index (κ1) is 11.1. The Morgan fingerprint density at radius 1 is 1.38 bits per heavy atom. The second-order valence-corrected chi connectivity index (χ2v) is 4.41. The summed E-state index contributed by atoms with van der Waals surface area (Å²) >= 11 is 8.31. The molecule has 0 saturated carbocycles. The predicted molar refractivity (Wildman–Crippen MR) is 66.6 cm³/mol. The number of nitrogens with one attached hydrogen (secondary N) is 1. The number of benzene rings is 1. The summed E-state index contributed by atoms with van der Waals surface area (Å²) in [5, 5.41) is 9.68. The van der Waals surface area contributed by atoms with Crippen LogP contribution >= 0.6 is 28.1 Å². The topological polar surface area (TPSA) is 58.0 Å². The Hall–Kier alpha value is -1.40. The molecule has 0 unspecified atom stereocenters. The molecule has 2 N–H and O–H groups in total. The van der Waals surface area contributed by atoms with Gasteiger partial charge in [0.25, 0.3) is 5.56 Å². The third-order valence-electron chi connectivity index (χ3n) is 1.99. The van der Waals surface area contributed by atoms with Gasteiger partial charge in [-0.3, -0.25) is 14.3 Å². The summed E-state index contributed by atoms with van der Waals surface area (Å²) in [6.45, 7) is 0. The van der Waals surface area contributed by atoms with Gasteiger partial charge in [-0.25, -0.2) is 0 Å². The zero-order chi connectivity index (χ0) is 11.7. The third-order valence-corrected chi connectivity index (χ3v) is 2.77. The van der Waals surface area contributed by atoms with E-state index in [0.29, 0.717) is 5.69 Å². The van der Waals surface area contributed by atoms with E-state index < -0.39 is 5.56 Å². The van der Waals surface area contributed by atoms with E-state index in [0.717, 1.165) is 10.5 Å². The van der Waals surface area contributed by atoms with Gasteiger partial charge in [-0.05, 0) is 30.4 Å². The van der Waals surface area contributed by atoms with Crippen LogP contribution in [0.15, 0.2) is 39.6 Å². The van der Waals surface area contributed by atoms with E-state index in [1.54, 1.807) is 12.1 Å². The van der Waals surface area contributed by atoms with Gasteiger partial charge in [-0.2, -0.15) is 0 Å². The van der Waals surface area contributed by atoms with Crippen LogP contribution in [0.2, 0.25) is 0 Å². The molecule has 0 amide bonds. The summed E-state index contributed by atoms with van der Waals surface area (Å²) in [5.41, 5.74) is 0.252. The van der Waals surface area contributed by atoms with Crippen LogP contribution in [0.5, 0.6) is 5.88 Å². The average molecular weight is 299 g/mol. The lowest BCUT2D eigenvalue weighted by Gasteiger charge is -2.08. The summed E-state index contributed by atoms with van der Waals surface area (Å²) < 4.78 is 2.39. The monoisotopic (exact) mass is 298 g/mol. The Bertz CT molecular complexity index is 648. The van der Waals surface area contributed by atoms with Crippen LogP contribution in [0.4, 0.5) is 0 Å². The smallest absolute Gasteiger partial charge is 0.255 e. The lowest BCUT2D eigenvalue weighted by atomic mass is 10.3. The molecule has 0 saturated heterocycles. The first-order chi connectivity index (χ1) is 7.58. The molecule has 0 aliphatic rings. The van der Waals surface area contributed by atoms with Gasteiger partial charge in [0.2, 0.25) is 5.88 Å². The zero-order valence-corrected chi connectivity index (χ0v) is 10.4. The van der Waals surface area contributed by atoms with E-state index in [1.807, 2.05) is 12.1 Å². The quantitative estimate of drug-likeness (QED) is 0.795. The van der Waals surface area contributed by atoms with Crippen LogP contribution < -0.4 is 5.56 Å². The Labute approximate surface area is 104 Å². The first-order valence-electron chi connectivity index (χ1n) is 4.39. The highest BCUT2D eigenvalue weighted by molar-refractivity contribution is 9.10. The van der Waals surface area contributed by atoms with Gasteiger partial charge in [0.05, 0.1) is 11.8 Å². The minimum Gasteiger partial charge on any atom is -0.494 e. The summed E-state index contributed by atoms with van der Waals surface area (Å²) in [7, 11) is 0. The van der Waals surface area contributed by atoms with Gasteiger partial charge < -0.3 is 5.11 Å². The van der Waals surface area contributed by atoms with Crippen molar-refractivity contribution in [1.82, 2.24) is 9.55 Å². The second kappa shape index (κ2) is 4.23. The maximum Gasteiger partial charge on any atom is 0.255 e. The normalized spacial score (nSPS) is 10.3. The van der Waals surface area contributed by atoms with Crippen molar-refractivity contribution in [3.8, 4) is 11.6 Å². The fourth-order valence-corrected chi connectivity index (χ4v) is 2.03. The fraction of sp³-hybridized carbons (Fsp3) is 0. The van der Waals surface area contributed by atoms with Crippen LogP contribution in [0.25, 0.3) is 5.69 Å². The molecule has 0 aliphatic carbocycles. The van der Waals surface area contributed by atoms with Crippen LogP contribution in [0.3, 0.4) is 0 Å². The number of H-pyrrole nitrogens is 1. The SMILES string of the molecule is O=c1cc(O)n(-c2cccc(Br)c2)c(=S)[nH]1. The van der Waals surface area contributed by atoms with Crippen LogP contribution in [0, 0.1) is 4.77 Å². The van der Waals surface area contributed by atoms with Gasteiger partial charge in [-0.15, -0.1) is 0 Å². The van der Waals surface area contributed by atoms with Gasteiger partial charge in [0.15, 0.2) is 4.77 Å². The number of hydrogen-bond donors (Lipinski definition) is 2. The molecular formula is C10H7BrN2O2S. The minimum atomic E-state index is -0.422. The summed E-state index contributed by atoms with van der Waals surface area (Å²) in [5.74, 6) is -0.188. The molecular weight excluding hydrogens is 292 g/mol. The Morgan fingerprint density at radius 3 is 2.75 bits per heavy atom. The molecule has 0 atom stereocenters. The van der Waals surface area contributed by atoms with E-state index in [1.165, 1.54) is 4.57 Å². The number of halogens is 1. The van der Waals surface area contributed by atoms with E-state index in [2.05, 4.69) is 20.9 Å². The standard InChI is InChI=1S/C10H7BrN2O2S/c11-6-2-1-3-7(4-6)13-9(15)5-8(14)12-10(13)16/h1-5,15H,(H,12,14,16). The molecule has 6 heteroatoms. The Balaban J connectivity index is 2.74. The molecule has 2 aromatic rings. The maximum absolute atomic E-state index is 11.1. The molecule has 82 valence electrons. The lowest BCUT2D eigenvalue weighted by molar-refractivity contribution is 0.433. The van der Waals surface area contributed by atoms with E-state index in [-0.39, 0.29) is 10.7 Å². The molecule has 2 rings (SSSR count). The average Bonchev–Trinajstić information content (AvgIpc) is 2.15. The van der Waals surface area contributed by atoms with Gasteiger partial charge in [0, 0.05) is 4.47 Å². The second-order valence-electron chi connectivity index (χ2n) is 3.11. The molecule has 1 heterocycles. The van der Waals surface area contributed by atoms with Crippen molar-refractivity contribution in [2.45, 2.75) is 0 Å². The molecule has 0 radical (unpaired) electrons. The van der Waals surface area contributed by atoms with Crippen molar-refractivity contribution in [3.05, 3.63) is 49.9 Å². The maximum atomic E-state index is 11.1. The van der Waals surface area contributed by atoms with Crippen molar-refractivity contribution >= 4 is 28.1 Å². The molecule has 0 aliphatic heterocycles. The van der Waals surface area contributed by atoms with Crippen LogP contribution in [0.1, 0.15) is 0 Å². The largest absolute Gasteiger partial charge is 0.494 e. The molecule has 0 fully saturated rings. The highest BCUT2D eigenvalue weighted by Gasteiger charge is 2.04. The van der Waals surface area contributed by atoms with Gasteiger partial charge in [0.1, 0.15) is 0 Å². The number of rotatable bonds is 1. The first-order valence-corrected chi connectivity index (χ1v) is 5.59. The Morgan fingerprint density at radius 2 is 2.12 bits per heavy atom. The van der Waals surface area contributed by atoms with Crippen molar-refractivity contribution < 1.29 is 5.11 Å². The van der Waals surface area contributed by atoms with Gasteiger partial charge >= 0.3 is 0 Å². The van der Waals surface area contributed by atoms with E-state index in [9.17, 15) is 9.90 Å². The van der Waals surface area contributed by atoms with E-state index in [4.69, 9.17) is 12.2 Å². The summed E-state index contributed by atoms with van der Waals surface area (Å²) in [6.07, 6.45) is 0. The molecule has 1 aromatic carbocycles. The van der Waals surface area contributed by atoms with E-state index >= 15 is 0 Å². The number of aromatic hydroxyl groups is 1. The minimum absolute atomic E-state index is 0.156.